The molecular weight excluding hydrogens is 692 g/mol. The van der Waals surface area contributed by atoms with Gasteiger partial charge in [-0.1, -0.05) is 32.4 Å². The van der Waals surface area contributed by atoms with Crippen LogP contribution in [0, 0.1) is 40.4 Å². The quantitative estimate of drug-likeness (QED) is 0.173. The Balaban J connectivity index is 0.971. The summed E-state index contributed by atoms with van der Waals surface area (Å²) in [5.74, 6) is 0.240. The standard InChI is InChI=1S/C39H62O14/c1-18-28(42)30(44)32(46)34(49-18)52-33-31(45)29(43)26(16-41)51-35(33)50-22-8-10-36(3)21(13-22)5-6-23-24(36)9-11-37(4)25(23)14-27-39(37,47)19(2)38(53-27)12-7-20(15-40)17-48-38/h5,18-20,22-35,40-47H,6-17H2,1-4H3/t18-,19+,20-,22-,23-,24-,25+,26+,27-,28-,29+,30+,31-,32+,33+,34-,35+,36-,37-,38+,39+/m0/s1. The van der Waals surface area contributed by atoms with E-state index in [1.54, 1.807) is 0 Å². The van der Waals surface area contributed by atoms with Crippen LogP contribution in [0.25, 0.3) is 0 Å². The molecule has 4 heterocycles. The van der Waals surface area contributed by atoms with Crippen molar-refractivity contribution in [3.05, 3.63) is 11.6 Å². The summed E-state index contributed by atoms with van der Waals surface area (Å²) >= 11 is 0. The second kappa shape index (κ2) is 13.9. The maximum Gasteiger partial charge on any atom is 0.187 e. The zero-order valence-electron chi connectivity index (χ0n) is 31.4. The van der Waals surface area contributed by atoms with Crippen molar-refractivity contribution in [3.63, 3.8) is 0 Å². The first kappa shape index (κ1) is 39.0. The van der Waals surface area contributed by atoms with Crippen LogP contribution in [-0.2, 0) is 28.4 Å². The zero-order valence-corrected chi connectivity index (χ0v) is 31.4. The molecule has 0 unspecified atom stereocenters. The maximum absolute atomic E-state index is 12.7. The summed E-state index contributed by atoms with van der Waals surface area (Å²) in [7, 11) is 0. The fourth-order valence-corrected chi connectivity index (χ4v) is 12.5. The van der Waals surface area contributed by atoms with E-state index in [2.05, 4.69) is 26.8 Å². The van der Waals surface area contributed by atoms with Crippen molar-refractivity contribution in [1.82, 2.24) is 0 Å². The molecule has 8 N–H and O–H groups in total. The first-order valence-electron chi connectivity index (χ1n) is 20.1. The minimum Gasteiger partial charge on any atom is -0.396 e. The van der Waals surface area contributed by atoms with E-state index in [1.807, 2.05) is 0 Å². The smallest absolute Gasteiger partial charge is 0.187 e. The van der Waals surface area contributed by atoms with Gasteiger partial charge in [0.25, 0.3) is 0 Å². The number of aliphatic hydroxyl groups excluding tert-OH is 7. The molecule has 21 atom stereocenters. The first-order valence-corrected chi connectivity index (χ1v) is 20.1. The zero-order chi connectivity index (χ0) is 37.8. The van der Waals surface area contributed by atoms with E-state index in [9.17, 15) is 40.9 Å². The largest absolute Gasteiger partial charge is 0.396 e. The van der Waals surface area contributed by atoms with Crippen LogP contribution in [0.5, 0.6) is 0 Å². The van der Waals surface area contributed by atoms with Crippen LogP contribution in [0.3, 0.4) is 0 Å². The summed E-state index contributed by atoms with van der Waals surface area (Å²) in [6, 6.07) is 0. The summed E-state index contributed by atoms with van der Waals surface area (Å²) in [5.41, 5.74) is -0.0606. The van der Waals surface area contributed by atoms with Crippen molar-refractivity contribution in [3.8, 4) is 0 Å². The van der Waals surface area contributed by atoms with Crippen molar-refractivity contribution in [2.75, 3.05) is 19.8 Å². The van der Waals surface area contributed by atoms with E-state index >= 15 is 0 Å². The van der Waals surface area contributed by atoms with Gasteiger partial charge in [-0.2, -0.15) is 0 Å². The van der Waals surface area contributed by atoms with E-state index in [1.165, 1.54) is 12.5 Å². The first-order chi connectivity index (χ1) is 25.1. The van der Waals surface area contributed by atoms with E-state index in [4.69, 9.17) is 28.4 Å². The molecule has 4 aliphatic carbocycles. The lowest BCUT2D eigenvalue weighted by atomic mass is 9.46. The van der Waals surface area contributed by atoms with Gasteiger partial charge in [0.2, 0.25) is 0 Å². The van der Waals surface area contributed by atoms with Gasteiger partial charge >= 0.3 is 0 Å². The predicted octanol–water partition coefficient (Wildman–Crippen LogP) is 0.477. The Morgan fingerprint density at radius 3 is 2.28 bits per heavy atom. The fourth-order valence-electron chi connectivity index (χ4n) is 12.5. The number of allylic oxidation sites excluding steroid dienone is 1. The molecule has 7 fully saturated rings. The van der Waals surface area contributed by atoms with Gasteiger partial charge in [0, 0.05) is 30.3 Å². The van der Waals surface area contributed by atoms with Crippen LogP contribution in [0.15, 0.2) is 11.6 Å². The third kappa shape index (κ3) is 5.79. The highest BCUT2D eigenvalue weighted by molar-refractivity contribution is 5.29. The monoisotopic (exact) mass is 754 g/mol. The molecule has 1 spiro atoms. The number of fused-ring (bicyclic) bond motifs is 7. The topological polar surface area (TPSA) is 217 Å². The van der Waals surface area contributed by atoms with E-state index in [0.717, 1.165) is 38.5 Å². The van der Waals surface area contributed by atoms with Gasteiger partial charge in [-0.25, -0.2) is 0 Å². The predicted molar refractivity (Wildman–Crippen MR) is 184 cm³/mol. The number of rotatable bonds is 6. The van der Waals surface area contributed by atoms with Crippen molar-refractivity contribution < 1.29 is 69.3 Å². The van der Waals surface area contributed by atoms with Gasteiger partial charge in [0.05, 0.1) is 31.5 Å². The van der Waals surface area contributed by atoms with E-state index < -0.39 is 79.4 Å². The molecule has 3 saturated carbocycles. The molecule has 8 aliphatic rings. The lowest BCUT2D eigenvalue weighted by Crippen LogP contribution is -2.64. The average Bonchev–Trinajstić information content (AvgIpc) is 3.50. The molecule has 0 radical (unpaired) electrons. The lowest BCUT2D eigenvalue weighted by Gasteiger charge is -2.60. The van der Waals surface area contributed by atoms with Crippen LogP contribution < -0.4 is 0 Å². The molecule has 53 heavy (non-hydrogen) atoms. The summed E-state index contributed by atoms with van der Waals surface area (Å²) in [6.07, 6.45) is -4.60. The van der Waals surface area contributed by atoms with Gasteiger partial charge in [-0.05, 0) is 81.5 Å². The van der Waals surface area contributed by atoms with Gasteiger partial charge in [-0.3, -0.25) is 0 Å². The van der Waals surface area contributed by atoms with Crippen LogP contribution in [0.2, 0.25) is 0 Å². The second-order valence-corrected chi connectivity index (χ2v) is 18.3. The highest BCUT2D eigenvalue weighted by Crippen LogP contribution is 2.72. The SMILES string of the molecule is C[C@@H]1O[C@@H](O[C@H]2[C@H](O[C@H]3CC[C@@]4(C)C(=CC[C@@H]5[C@H]6C[C@@H]7O[C@]8(CC[C@@H](CO)CO8)[C@@H](C)[C@]7(O)[C@@]6(C)CC[C@@H]54)C3)O[C@H](CO)[C@@H](O)[C@@H]2O)[C@H](O)[C@H](O)[C@H]1O. The number of ether oxygens (including phenoxy) is 6. The molecule has 0 aromatic heterocycles. The number of hydrogen-bond donors (Lipinski definition) is 8. The minimum absolute atomic E-state index is 0.0657. The molecule has 0 aromatic carbocycles. The van der Waals surface area contributed by atoms with Gasteiger partial charge in [-0.15, -0.1) is 0 Å². The highest BCUT2D eigenvalue weighted by atomic mass is 16.8. The second-order valence-electron chi connectivity index (χ2n) is 18.3. The van der Waals surface area contributed by atoms with Gasteiger partial charge < -0.3 is 69.3 Å². The normalized spacial score (nSPS) is 58.0. The van der Waals surface area contributed by atoms with Crippen molar-refractivity contribution in [2.45, 2.75) is 170 Å². The van der Waals surface area contributed by atoms with Crippen LogP contribution >= 0.6 is 0 Å². The molecule has 8 rings (SSSR count). The van der Waals surface area contributed by atoms with E-state index in [0.29, 0.717) is 43.6 Å². The number of hydrogen-bond acceptors (Lipinski definition) is 14. The summed E-state index contributed by atoms with van der Waals surface area (Å²) in [4.78, 5) is 0. The highest BCUT2D eigenvalue weighted by Gasteiger charge is 2.76. The molecule has 0 amide bonds. The summed E-state index contributed by atoms with van der Waals surface area (Å²) < 4.78 is 37.2. The molecule has 14 nitrogen and oxygen atoms in total. The molecule has 0 bridgehead atoms. The Labute approximate surface area is 311 Å². The van der Waals surface area contributed by atoms with Crippen LogP contribution in [0.4, 0.5) is 0 Å². The van der Waals surface area contributed by atoms with Gasteiger partial charge in [0.15, 0.2) is 18.4 Å². The Bertz CT molecular complexity index is 1370. The van der Waals surface area contributed by atoms with E-state index in [-0.39, 0.29) is 41.5 Å². The number of aliphatic hydroxyl groups is 8. The Hall–Kier alpha value is -0.820. The third-order valence-corrected chi connectivity index (χ3v) is 16.0. The molecular formula is C39H62O14. The van der Waals surface area contributed by atoms with Crippen molar-refractivity contribution in [2.24, 2.45) is 40.4 Å². The molecule has 0 aromatic rings. The van der Waals surface area contributed by atoms with Crippen LogP contribution in [-0.4, -0.2) is 146 Å². The summed E-state index contributed by atoms with van der Waals surface area (Å²) in [6.45, 7) is 8.26. The Kier molecular flexibility index (Phi) is 10.3. The third-order valence-electron chi connectivity index (χ3n) is 16.0. The van der Waals surface area contributed by atoms with Crippen molar-refractivity contribution >= 4 is 0 Å². The maximum atomic E-state index is 12.7. The minimum atomic E-state index is -1.63. The Morgan fingerprint density at radius 1 is 0.811 bits per heavy atom. The Morgan fingerprint density at radius 2 is 1.58 bits per heavy atom. The lowest BCUT2D eigenvalue weighted by molar-refractivity contribution is -0.369. The average molecular weight is 755 g/mol. The molecule has 302 valence electrons. The van der Waals surface area contributed by atoms with Crippen molar-refractivity contribution in [1.29, 1.82) is 0 Å². The summed E-state index contributed by atoms with van der Waals surface area (Å²) in [5, 5.41) is 85.3. The fraction of sp³-hybridized carbons (Fsp3) is 0.949. The van der Waals surface area contributed by atoms with Crippen LogP contribution in [0.1, 0.15) is 85.5 Å². The van der Waals surface area contributed by atoms with Gasteiger partial charge in [0.1, 0.15) is 48.3 Å². The molecule has 14 heteroatoms. The molecule has 4 aliphatic heterocycles. The molecule has 4 saturated heterocycles.